The first-order chi connectivity index (χ1) is 14.7. The summed E-state index contributed by atoms with van der Waals surface area (Å²) in [6, 6.07) is 17.0. The highest BCUT2D eigenvalue weighted by atomic mass is 16.5. The highest BCUT2D eigenvalue weighted by Crippen LogP contribution is 2.38. The number of benzene rings is 2. The van der Waals surface area contributed by atoms with Crippen molar-refractivity contribution in [3.63, 3.8) is 0 Å². The smallest absolute Gasteiger partial charge is 0.259 e. The van der Waals surface area contributed by atoms with E-state index in [9.17, 15) is 4.79 Å². The monoisotopic (exact) mass is 403 g/mol. The maximum Gasteiger partial charge on any atom is 0.259 e. The van der Waals surface area contributed by atoms with E-state index >= 15 is 0 Å². The van der Waals surface area contributed by atoms with Crippen LogP contribution in [0.3, 0.4) is 0 Å². The van der Waals surface area contributed by atoms with Gasteiger partial charge in [-0.15, -0.1) is 0 Å². The van der Waals surface area contributed by atoms with E-state index in [2.05, 4.69) is 22.1 Å². The number of rotatable bonds is 6. The van der Waals surface area contributed by atoms with Gasteiger partial charge in [0.15, 0.2) is 5.75 Å². The van der Waals surface area contributed by atoms with Crippen molar-refractivity contribution >= 4 is 23.1 Å². The van der Waals surface area contributed by atoms with Gasteiger partial charge in [0.05, 0.1) is 24.4 Å². The van der Waals surface area contributed by atoms with Gasteiger partial charge in [-0.3, -0.25) is 4.79 Å². The second kappa shape index (κ2) is 8.86. The van der Waals surface area contributed by atoms with Crippen molar-refractivity contribution in [2.45, 2.75) is 20.3 Å². The number of para-hydroxylation sites is 1. The van der Waals surface area contributed by atoms with Crippen molar-refractivity contribution in [2.75, 3.05) is 30.0 Å². The molecule has 1 aliphatic heterocycles. The molecule has 3 aromatic rings. The summed E-state index contributed by atoms with van der Waals surface area (Å²) in [5.41, 5.74) is 3.14. The van der Waals surface area contributed by atoms with Gasteiger partial charge in [0.1, 0.15) is 18.2 Å². The fourth-order valence-corrected chi connectivity index (χ4v) is 3.34. The molecule has 2 heterocycles. The van der Waals surface area contributed by atoms with Gasteiger partial charge < -0.3 is 19.7 Å². The Morgan fingerprint density at radius 3 is 2.73 bits per heavy atom. The minimum absolute atomic E-state index is 0.215. The summed E-state index contributed by atoms with van der Waals surface area (Å²) in [5.74, 6) is 1.99. The quantitative estimate of drug-likeness (QED) is 0.630. The Balaban J connectivity index is 1.56. The number of carbonyl (C=O) groups excluding carboxylic acids is 1. The molecule has 0 unspecified atom stereocenters. The maximum absolute atomic E-state index is 13.0. The fraction of sp³-hybridized carbons (Fsp3) is 0.250. The molecule has 0 aliphatic carbocycles. The molecular formula is C24H25N3O3. The first-order valence-corrected chi connectivity index (χ1v) is 10.2. The standard InChI is InChI=1S/C24H25N3O3/c1-3-14-29-19-10-8-18(9-11-19)26-24(28)20-5-4-6-21-23(20)30-15-13-27(21)22-12-7-17(2)16-25-22/h4-12,16H,3,13-15H2,1-2H3,(H,26,28). The molecule has 6 heteroatoms. The molecule has 0 saturated heterocycles. The van der Waals surface area contributed by atoms with Crippen LogP contribution in [0.5, 0.6) is 11.5 Å². The normalized spacial score (nSPS) is 12.7. The summed E-state index contributed by atoms with van der Waals surface area (Å²) >= 11 is 0. The number of anilines is 3. The number of nitrogens with zero attached hydrogens (tertiary/aromatic N) is 2. The maximum atomic E-state index is 13.0. The van der Waals surface area contributed by atoms with Gasteiger partial charge in [-0.1, -0.05) is 19.1 Å². The lowest BCUT2D eigenvalue weighted by Gasteiger charge is -2.31. The number of hydrogen-bond acceptors (Lipinski definition) is 5. The topological polar surface area (TPSA) is 63.7 Å². The zero-order chi connectivity index (χ0) is 20.9. The van der Waals surface area contributed by atoms with Gasteiger partial charge in [-0.2, -0.15) is 0 Å². The second-order valence-corrected chi connectivity index (χ2v) is 7.17. The van der Waals surface area contributed by atoms with E-state index < -0.39 is 0 Å². The van der Waals surface area contributed by atoms with Crippen molar-refractivity contribution < 1.29 is 14.3 Å². The van der Waals surface area contributed by atoms with Crippen molar-refractivity contribution in [3.05, 3.63) is 71.9 Å². The van der Waals surface area contributed by atoms with Crippen molar-refractivity contribution in [1.82, 2.24) is 4.98 Å². The summed E-state index contributed by atoms with van der Waals surface area (Å²) in [7, 11) is 0. The summed E-state index contributed by atoms with van der Waals surface area (Å²) in [6.45, 7) is 5.90. The van der Waals surface area contributed by atoms with Gasteiger partial charge in [0, 0.05) is 11.9 Å². The van der Waals surface area contributed by atoms with Crippen LogP contribution in [-0.2, 0) is 0 Å². The van der Waals surface area contributed by atoms with Crippen molar-refractivity contribution in [1.29, 1.82) is 0 Å². The van der Waals surface area contributed by atoms with E-state index in [4.69, 9.17) is 9.47 Å². The van der Waals surface area contributed by atoms with Gasteiger partial charge >= 0.3 is 0 Å². The van der Waals surface area contributed by atoms with E-state index in [0.29, 0.717) is 36.8 Å². The third-order valence-electron chi connectivity index (χ3n) is 4.85. The average Bonchev–Trinajstić information content (AvgIpc) is 2.78. The molecule has 6 nitrogen and oxygen atoms in total. The zero-order valence-corrected chi connectivity index (χ0v) is 17.2. The predicted octanol–water partition coefficient (Wildman–Crippen LogP) is 4.96. The number of fused-ring (bicyclic) bond motifs is 1. The van der Waals surface area contributed by atoms with Crippen LogP contribution >= 0.6 is 0 Å². The van der Waals surface area contributed by atoms with Crippen LogP contribution in [0.25, 0.3) is 0 Å². The van der Waals surface area contributed by atoms with Gasteiger partial charge in [-0.05, 0) is 61.4 Å². The highest BCUT2D eigenvalue weighted by molar-refractivity contribution is 6.07. The Kier molecular flexibility index (Phi) is 5.84. The second-order valence-electron chi connectivity index (χ2n) is 7.17. The van der Waals surface area contributed by atoms with E-state index in [1.165, 1.54) is 0 Å². The molecule has 1 amide bonds. The lowest BCUT2D eigenvalue weighted by atomic mass is 10.1. The molecule has 1 aromatic heterocycles. The van der Waals surface area contributed by atoms with E-state index in [0.717, 1.165) is 29.2 Å². The summed E-state index contributed by atoms with van der Waals surface area (Å²) in [4.78, 5) is 19.6. The van der Waals surface area contributed by atoms with E-state index in [-0.39, 0.29) is 5.91 Å². The van der Waals surface area contributed by atoms with Crippen LogP contribution < -0.4 is 19.7 Å². The van der Waals surface area contributed by atoms with Crippen LogP contribution in [0, 0.1) is 6.92 Å². The van der Waals surface area contributed by atoms with Crippen LogP contribution in [0.4, 0.5) is 17.2 Å². The predicted molar refractivity (Wildman–Crippen MR) is 118 cm³/mol. The summed E-state index contributed by atoms with van der Waals surface area (Å²) < 4.78 is 11.5. The Morgan fingerprint density at radius 2 is 2.00 bits per heavy atom. The third-order valence-corrected chi connectivity index (χ3v) is 4.85. The number of aryl methyl sites for hydroxylation is 1. The molecule has 2 aromatic carbocycles. The van der Waals surface area contributed by atoms with Gasteiger partial charge in [0.25, 0.3) is 5.91 Å². The van der Waals surface area contributed by atoms with Crippen molar-refractivity contribution in [3.8, 4) is 11.5 Å². The number of hydrogen-bond donors (Lipinski definition) is 1. The molecule has 0 saturated carbocycles. The zero-order valence-electron chi connectivity index (χ0n) is 17.2. The first kappa shape index (κ1) is 19.8. The van der Waals surface area contributed by atoms with E-state index in [1.54, 1.807) is 6.07 Å². The number of amides is 1. The third kappa shape index (κ3) is 4.22. The van der Waals surface area contributed by atoms with Crippen molar-refractivity contribution in [2.24, 2.45) is 0 Å². The highest BCUT2D eigenvalue weighted by Gasteiger charge is 2.25. The molecule has 1 aliphatic rings. The molecule has 0 bridgehead atoms. The molecule has 0 fully saturated rings. The molecule has 1 N–H and O–H groups in total. The Bertz CT molecular complexity index is 1020. The Morgan fingerprint density at radius 1 is 1.17 bits per heavy atom. The van der Waals surface area contributed by atoms with Gasteiger partial charge in [0.2, 0.25) is 0 Å². The Hall–Kier alpha value is -3.54. The van der Waals surface area contributed by atoms with Crippen LogP contribution in [0.15, 0.2) is 60.8 Å². The number of aromatic nitrogens is 1. The molecule has 4 rings (SSSR count). The van der Waals surface area contributed by atoms with Crippen LogP contribution in [0.2, 0.25) is 0 Å². The first-order valence-electron chi connectivity index (χ1n) is 10.2. The summed E-state index contributed by atoms with van der Waals surface area (Å²) in [5, 5.41) is 2.95. The molecule has 30 heavy (non-hydrogen) atoms. The minimum Gasteiger partial charge on any atom is -0.494 e. The van der Waals surface area contributed by atoms with Gasteiger partial charge in [-0.25, -0.2) is 4.98 Å². The fourth-order valence-electron chi connectivity index (χ4n) is 3.34. The molecule has 154 valence electrons. The van der Waals surface area contributed by atoms with Crippen LogP contribution in [0.1, 0.15) is 29.3 Å². The lowest BCUT2D eigenvalue weighted by molar-refractivity contribution is 0.102. The number of carbonyl (C=O) groups is 1. The molecule has 0 spiro atoms. The Labute approximate surface area is 176 Å². The average molecular weight is 403 g/mol. The van der Waals surface area contributed by atoms with Crippen LogP contribution in [-0.4, -0.2) is 30.6 Å². The SMILES string of the molecule is CCCOc1ccc(NC(=O)c2cccc3c2OCCN3c2ccc(C)cn2)cc1. The molecule has 0 atom stereocenters. The molecule has 0 radical (unpaired) electrons. The lowest BCUT2D eigenvalue weighted by Crippen LogP contribution is -2.30. The number of nitrogens with one attached hydrogen (secondary N) is 1. The minimum atomic E-state index is -0.215. The molecular weight excluding hydrogens is 378 g/mol. The summed E-state index contributed by atoms with van der Waals surface area (Å²) in [6.07, 6.45) is 2.79. The van der Waals surface area contributed by atoms with E-state index in [1.807, 2.05) is 61.7 Å². The number of pyridine rings is 1. The largest absolute Gasteiger partial charge is 0.494 e. The number of ether oxygens (including phenoxy) is 2.